The second-order valence-electron chi connectivity index (χ2n) is 5.32. The molecule has 112 valence electrons. The number of urea groups is 1. The Bertz CT molecular complexity index is 582. The molecular weight excluding hydrogens is 274 g/mol. The van der Waals surface area contributed by atoms with Gasteiger partial charge in [-0.05, 0) is 6.42 Å². The fraction of sp³-hybridized carbons (Fsp3) is 0.538. The Balaban J connectivity index is 1.51. The standard InChI is InChI=1S/C13H17N5O3/c19-11-3-5-18(13(21)16-11)8-12(20)15-9-1-2-10-14-4-6-17(10)7-9/h4,6,9H,1-3,5,7-8H2,(H,15,20)(H,16,19,21). The van der Waals surface area contributed by atoms with E-state index in [1.54, 1.807) is 6.20 Å². The molecule has 2 aliphatic rings. The summed E-state index contributed by atoms with van der Waals surface area (Å²) in [5.74, 6) is 0.541. The van der Waals surface area contributed by atoms with Crippen LogP contribution < -0.4 is 10.6 Å². The Morgan fingerprint density at radius 3 is 3.10 bits per heavy atom. The highest BCUT2D eigenvalue weighted by Gasteiger charge is 2.26. The molecule has 8 heteroatoms. The van der Waals surface area contributed by atoms with Crippen molar-refractivity contribution in [2.75, 3.05) is 13.1 Å². The van der Waals surface area contributed by atoms with Gasteiger partial charge in [0.1, 0.15) is 12.4 Å². The quantitative estimate of drug-likeness (QED) is 0.766. The molecule has 2 aliphatic heterocycles. The zero-order valence-electron chi connectivity index (χ0n) is 11.5. The van der Waals surface area contributed by atoms with Crippen LogP contribution in [0.25, 0.3) is 0 Å². The minimum atomic E-state index is -0.498. The van der Waals surface area contributed by atoms with Crippen molar-refractivity contribution in [2.45, 2.75) is 31.8 Å². The van der Waals surface area contributed by atoms with Crippen LogP contribution in [0.5, 0.6) is 0 Å². The van der Waals surface area contributed by atoms with E-state index in [2.05, 4.69) is 15.6 Å². The maximum atomic E-state index is 12.0. The summed E-state index contributed by atoms with van der Waals surface area (Å²) in [6.07, 6.45) is 5.57. The third-order valence-electron chi connectivity index (χ3n) is 3.78. The number of carbonyl (C=O) groups is 3. The molecule has 1 aromatic heterocycles. The van der Waals surface area contributed by atoms with E-state index in [1.165, 1.54) is 4.90 Å². The SMILES string of the molecule is O=C1CCN(CC(=O)NC2CCc3nccn3C2)C(=O)N1. The van der Waals surface area contributed by atoms with Crippen molar-refractivity contribution in [1.82, 2.24) is 25.1 Å². The summed E-state index contributed by atoms with van der Waals surface area (Å²) >= 11 is 0. The average Bonchev–Trinajstić information content (AvgIpc) is 2.89. The molecule has 21 heavy (non-hydrogen) atoms. The molecule has 0 bridgehead atoms. The first-order valence-corrected chi connectivity index (χ1v) is 7.00. The molecule has 1 saturated heterocycles. The molecule has 1 fully saturated rings. The minimum Gasteiger partial charge on any atom is -0.350 e. The molecule has 3 heterocycles. The molecule has 1 aromatic rings. The first-order valence-electron chi connectivity index (χ1n) is 7.00. The van der Waals surface area contributed by atoms with Crippen LogP contribution in [0.3, 0.4) is 0 Å². The summed E-state index contributed by atoms with van der Waals surface area (Å²) in [7, 11) is 0. The van der Waals surface area contributed by atoms with Crippen LogP contribution in [0.2, 0.25) is 0 Å². The predicted octanol–water partition coefficient (Wildman–Crippen LogP) is -0.744. The van der Waals surface area contributed by atoms with Crippen molar-refractivity contribution in [3.8, 4) is 0 Å². The highest BCUT2D eigenvalue weighted by atomic mass is 16.2. The summed E-state index contributed by atoms with van der Waals surface area (Å²) < 4.78 is 2.03. The Hall–Kier alpha value is -2.38. The average molecular weight is 291 g/mol. The molecule has 8 nitrogen and oxygen atoms in total. The topological polar surface area (TPSA) is 96.3 Å². The first-order chi connectivity index (χ1) is 10.1. The van der Waals surface area contributed by atoms with Crippen molar-refractivity contribution < 1.29 is 14.4 Å². The number of carbonyl (C=O) groups excluding carboxylic acids is 3. The lowest BCUT2D eigenvalue weighted by Crippen LogP contribution is -2.53. The minimum absolute atomic E-state index is 0.0214. The summed E-state index contributed by atoms with van der Waals surface area (Å²) in [5.41, 5.74) is 0. The number of nitrogens with one attached hydrogen (secondary N) is 2. The molecule has 4 amide bonds. The van der Waals surface area contributed by atoms with Gasteiger partial charge in [0.05, 0.1) is 0 Å². The highest BCUT2D eigenvalue weighted by Crippen LogP contribution is 2.13. The number of amides is 4. The fourth-order valence-electron chi connectivity index (χ4n) is 2.68. The molecule has 0 aliphatic carbocycles. The second kappa shape index (κ2) is 5.55. The van der Waals surface area contributed by atoms with Gasteiger partial charge in [0, 0.05) is 44.4 Å². The summed E-state index contributed by atoms with van der Waals surface area (Å²) in [6.45, 7) is 0.965. The molecular formula is C13H17N5O3. The molecule has 1 atom stereocenters. The molecule has 2 N–H and O–H groups in total. The van der Waals surface area contributed by atoms with Crippen molar-refractivity contribution in [3.05, 3.63) is 18.2 Å². The lowest BCUT2D eigenvalue weighted by molar-refractivity contribution is -0.125. The highest BCUT2D eigenvalue weighted by molar-refractivity contribution is 5.98. The number of nitrogens with zero attached hydrogens (tertiary/aromatic N) is 3. The number of aryl methyl sites for hydroxylation is 1. The van der Waals surface area contributed by atoms with Crippen LogP contribution in [-0.2, 0) is 22.6 Å². The third-order valence-corrected chi connectivity index (χ3v) is 3.78. The summed E-state index contributed by atoms with van der Waals surface area (Å²) in [6, 6.07) is -0.448. The van der Waals surface area contributed by atoms with E-state index in [9.17, 15) is 14.4 Å². The van der Waals surface area contributed by atoms with Gasteiger partial charge in [-0.25, -0.2) is 9.78 Å². The number of hydrogen-bond donors (Lipinski definition) is 2. The maximum Gasteiger partial charge on any atom is 0.324 e. The molecule has 0 saturated carbocycles. The zero-order chi connectivity index (χ0) is 14.8. The van der Waals surface area contributed by atoms with Crippen LogP contribution in [0.15, 0.2) is 12.4 Å². The normalized spacial score (nSPS) is 21.7. The maximum absolute atomic E-state index is 12.0. The largest absolute Gasteiger partial charge is 0.350 e. The van der Waals surface area contributed by atoms with E-state index in [0.717, 1.165) is 18.7 Å². The lowest BCUT2D eigenvalue weighted by atomic mass is 10.1. The first kappa shape index (κ1) is 13.6. The number of hydrogen-bond acceptors (Lipinski definition) is 4. The predicted molar refractivity (Wildman–Crippen MR) is 72.2 cm³/mol. The van der Waals surface area contributed by atoms with E-state index in [0.29, 0.717) is 6.54 Å². The van der Waals surface area contributed by atoms with Crippen LogP contribution >= 0.6 is 0 Å². The van der Waals surface area contributed by atoms with Crippen molar-refractivity contribution in [3.63, 3.8) is 0 Å². The van der Waals surface area contributed by atoms with E-state index in [4.69, 9.17) is 0 Å². The monoisotopic (exact) mass is 291 g/mol. The zero-order valence-corrected chi connectivity index (χ0v) is 11.5. The van der Waals surface area contributed by atoms with Gasteiger partial charge in [-0.2, -0.15) is 0 Å². The number of fused-ring (bicyclic) bond motifs is 1. The van der Waals surface area contributed by atoms with Crippen molar-refractivity contribution in [2.24, 2.45) is 0 Å². The van der Waals surface area contributed by atoms with E-state index >= 15 is 0 Å². The molecule has 0 spiro atoms. The molecule has 3 rings (SSSR count). The molecule has 0 radical (unpaired) electrons. The third kappa shape index (κ3) is 3.04. The number of imidazole rings is 1. The van der Waals surface area contributed by atoms with Gasteiger partial charge < -0.3 is 14.8 Å². The van der Waals surface area contributed by atoms with Gasteiger partial charge in [0.2, 0.25) is 11.8 Å². The number of imide groups is 1. The number of rotatable bonds is 3. The smallest absolute Gasteiger partial charge is 0.324 e. The lowest BCUT2D eigenvalue weighted by Gasteiger charge is -2.28. The van der Waals surface area contributed by atoms with Crippen molar-refractivity contribution in [1.29, 1.82) is 0 Å². The summed E-state index contributed by atoms with van der Waals surface area (Å²) in [4.78, 5) is 40.2. The van der Waals surface area contributed by atoms with E-state index < -0.39 is 6.03 Å². The Labute approximate surface area is 121 Å². The Kier molecular flexibility index (Phi) is 3.59. The van der Waals surface area contributed by atoms with Gasteiger partial charge in [-0.15, -0.1) is 0 Å². The van der Waals surface area contributed by atoms with Gasteiger partial charge >= 0.3 is 6.03 Å². The van der Waals surface area contributed by atoms with Gasteiger partial charge in [0.25, 0.3) is 0 Å². The van der Waals surface area contributed by atoms with Gasteiger partial charge in [-0.3, -0.25) is 14.9 Å². The van der Waals surface area contributed by atoms with Crippen LogP contribution in [0.4, 0.5) is 4.79 Å². The van der Waals surface area contributed by atoms with Crippen LogP contribution in [0.1, 0.15) is 18.7 Å². The Morgan fingerprint density at radius 1 is 1.43 bits per heavy atom. The fourth-order valence-corrected chi connectivity index (χ4v) is 2.68. The van der Waals surface area contributed by atoms with Crippen molar-refractivity contribution >= 4 is 17.8 Å². The Morgan fingerprint density at radius 2 is 2.29 bits per heavy atom. The molecule has 0 aromatic carbocycles. The van der Waals surface area contributed by atoms with Gasteiger partial charge in [-0.1, -0.05) is 0 Å². The van der Waals surface area contributed by atoms with E-state index in [-0.39, 0.29) is 37.4 Å². The van der Waals surface area contributed by atoms with Crippen LogP contribution in [0, 0.1) is 0 Å². The number of aromatic nitrogens is 2. The van der Waals surface area contributed by atoms with E-state index in [1.807, 2.05) is 10.8 Å². The van der Waals surface area contributed by atoms with Crippen LogP contribution in [-0.4, -0.2) is 51.4 Å². The van der Waals surface area contributed by atoms with Gasteiger partial charge in [0.15, 0.2) is 0 Å². The molecule has 1 unspecified atom stereocenters. The second-order valence-corrected chi connectivity index (χ2v) is 5.32. The summed E-state index contributed by atoms with van der Waals surface area (Å²) in [5, 5.41) is 5.14.